The topological polar surface area (TPSA) is 130 Å². The summed E-state index contributed by atoms with van der Waals surface area (Å²) in [6.45, 7) is 2.02. The van der Waals surface area contributed by atoms with Gasteiger partial charge in [0.1, 0.15) is 12.3 Å². The highest BCUT2D eigenvalue weighted by atomic mass is 16.7. The number of hydrogen-bond acceptors (Lipinski definition) is 10. The van der Waals surface area contributed by atoms with Crippen molar-refractivity contribution < 1.29 is 23.4 Å². The Bertz CT molecular complexity index is 1680. The molecule has 0 radical (unpaired) electrons. The van der Waals surface area contributed by atoms with Gasteiger partial charge in [-0.2, -0.15) is 0 Å². The molecule has 0 unspecified atom stereocenters. The fourth-order valence-corrected chi connectivity index (χ4v) is 4.67. The highest BCUT2D eigenvalue weighted by molar-refractivity contribution is 5.83. The number of ether oxygens (including phenoxy) is 4. The predicted molar refractivity (Wildman–Crippen MR) is 132 cm³/mol. The van der Waals surface area contributed by atoms with Gasteiger partial charge in [0.2, 0.25) is 13.6 Å². The van der Waals surface area contributed by atoms with Crippen LogP contribution in [0.4, 0.5) is 0 Å². The van der Waals surface area contributed by atoms with E-state index in [0.29, 0.717) is 66.1 Å². The average molecular weight is 514 g/mol. The lowest BCUT2D eigenvalue weighted by Gasteiger charge is -2.22. The van der Waals surface area contributed by atoms with E-state index in [2.05, 4.69) is 25.4 Å². The highest BCUT2D eigenvalue weighted by Crippen LogP contribution is 2.35. The molecule has 0 amide bonds. The Morgan fingerprint density at radius 2 is 1.71 bits per heavy atom. The number of nitrogens with one attached hydrogen (secondary N) is 1. The predicted octanol–water partition coefficient (Wildman–Crippen LogP) is 2.82. The zero-order chi connectivity index (χ0) is 25.5. The molecule has 5 heterocycles. The SMILES string of the molecule is O=c1[nH]c2cc3c(cc2cc1CN(Cc1ccc2c(c1)OCO2)Cc1nnnn1Cc1ccco1)OCO3. The van der Waals surface area contributed by atoms with Gasteiger partial charge in [0.05, 0.1) is 18.3 Å². The highest BCUT2D eigenvalue weighted by Gasteiger charge is 2.20. The van der Waals surface area contributed by atoms with Crippen molar-refractivity contribution in [2.24, 2.45) is 0 Å². The molecule has 0 bridgehead atoms. The number of furan rings is 1. The standard InChI is InChI=1S/C26H22N6O6/c33-26-18(7-17-8-23-24(38-15-37-23)9-20(17)27-26)11-31(10-16-3-4-21-22(6-16)36-14-35-21)13-25-28-29-30-32(25)12-19-2-1-5-34-19/h1-9H,10-15H2,(H,27,33). The lowest BCUT2D eigenvalue weighted by Crippen LogP contribution is -2.28. The number of tetrazole rings is 1. The maximum Gasteiger partial charge on any atom is 0.252 e. The van der Waals surface area contributed by atoms with E-state index >= 15 is 0 Å². The summed E-state index contributed by atoms with van der Waals surface area (Å²) in [5.74, 6) is 4.07. The van der Waals surface area contributed by atoms with Crippen molar-refractivity contribution in [1.29, 1.82) is 0 Å². The molecule has 0 spiro atoms. The van der Waals surface area contributed by atoms with Crippen LogP contribution in [-0.2, 0) is 26.2 Å². The van der Waals surface area contributed by atoms with Crippen LogP contribution in [0, 0.1) is 0 Å². The van der Waals surface area contributed by atoms with Gasteiger partial charge in [0, 0.05) is 30.1 Å². The summed E-state index contributed by atoms with van der Waals surface area (Å²) in [5, 5.41) is 13.1. The summed E-state index contributed by atoms with van der Waals surface area (Å²) in [4.78, 5) is 18.2. The van der Waals surface area contributed by atoms with Crippen LogP contribution in [0.5, 0.6) is 23.0 Å². The van der Waals surface area contributed by atoms with Crippen LogP contribution in [0.3, 0.4) is 0 Å². The van der Waals surface area contributed by atoms with Crippen molar-refractivity contribution in [3.63, 3.8) is 0 Å². The van der Waals surface area contributed by atoms with E-state index in [-0.39, 0.29) is 19.1 Å². The first-order valence-electron chi connectivity index (χ1n) is 12.0. The molecule has 0 saturated carbocycles. The molecule has 5 aromatic rings. The number of rotatable bonds is 8. The van der Waals surface area contributed by atoms with Crippen molar-refractivity contribution in [3.05, 3.63) is 87.9 Å². The number of pyridine rings is 1. The summed E-state index contributed by atoms with van der Waals surface area (Å²) < 4.78 is 29.1. The number of benzene rings is 2. The van der Waals surface area contributed by atoms with Crippen LogP contribution in [0.1, 0.15) is 22.7 Å². The molecule has 7 rings (SSSR count). The van der Waals surface area contributed by atoms with Crippen molar-refractivity contribution >= 4 is 10.9 Å². The third kappa shape index (κ3) is 4.30. The van der Waals surface area contributed by atoms with Crippen LogP contribution in [0.15, 0.2) is 64.0 Å². The number of aromatic amines is 1. The largest absolute Gasteiger partial charge is 0.467 e. The van der Waals surface area contributed by atoms with Gasteiger partial charge in [-0.05, 0) is 52.4 Å². The number of aromatic nitrogens is 5. The fraction of sp³-hybridized carbons (Fsp3) is 0.231. The number of fused-ring (bicyclic) bond motifs is 3. The molecule has 12 nitrogen and oxygen atoms in total. The average Bonchev–Trinajstić information content (AvgIpc) is 3.72. The van der Waals surface area contributed by atoms with Gasteiger partial charge in [0.15, 0.2) is 28.8 Å². The second-order valence-corrected chi connectivity index (χ2v) is 9.08. The molecule has 1 N–H and O–H groups in total. The fourth-order valence-electron chi connectivity index (χ4n) is 4.67. The lowest BCUT2D eigenvalue weighted by atomic mass is 10.1. The molecule has 0 atom stereocenters. The quantitative estimate of drug-likeness (QED) is 0.330. The van der Waals surface area contributed by atoms with E-state index < -0.39 is 0 Å². The summed E-state index contributed by atoms with van der Waals surface area (Å²) in [6, 6.07) is 15.1. The van der Waals surface area contributed by atoms with Gasteiger partial charge in [-0.15, -0.1) is 5.10 Å². The molecule has 2 aliphatic heterocycles. The van der Waals surface area contributed by atoms with E-state index in [0.717, 1.165) is 16.7 Å². The Balaban J connectivity index is 1.21. The van der Waals surface area contributed by atoms with E-state index in [4.69, 9.17) is 23.4 Å². The normalized spacial score (nSPS) is 13.6. The number of nitrogens with zero attached hydrogens (tertiary/aromatic N) is 5. The third-order valence-corrected chi connectivity index (χ3v) is 6.51. The van der Waals surface area contributed by atoms with Crippen LogP contribution in [0.25, 0.3) is 10.9 Å². The number of H-pyrrole nitrogens is 1. The summed E-state index contributed by atoms with van der Waals surface area (Å²) in [6.07, 6.45) is 1.61. The van der Waals surface area contributed by atoms with Crippen LogP contribution in [0.2, 0.25) is 0 Å². The number of hydrogen-bond donors (Lipinski definition) is 1. The Hall–Kier alpha value is -4.84. The van der Waals surface area contributed by atoms with Gasteiger partial charge in [-0.25, -0.2) is 4.68 Å². The van der Waals surface area contributed by atoms with Crippen molar-refractivity contribution in [2.45, 2.75) is 26.2 Å². The van der Waals surface area contributed by atoms with Crippen LogP contribution in [-0.4, -0.2) is 43.7 Å². The summed E-state index contributed by atoms with van der Waals surface area (Å²) >= 11 is 0. The molecule has 12 heteroatoms. The minimum Gasteiger partial charge on any atom is -0.467 e. The van der Waals surface area contributed by atoms with E-state index in [9.17, 15) is 4.79 Å². The van der Waals surface area contributed by atoms with Gasteiger partial charge < -0.3 is 28.3 Å². The molecule has 38 heavy (non-hydrogen) atoms. The Morgan fingerprint density at radius 3 is 2.55 bits per heavy atom. The first-order chi connectivity index (χ1) is 18.7. The van der Waals surface area contributed by atoms with Gasteiger partial charge in [-0.1, -0.05) is 6.07 Å². The molecular weight excluding hydrogens is 492 g/mol. The summed E-state index contributed by atoms with van der Waals surface area (Å²) in [5.41, 5.74) is 2.11. The van der Waals surface area contributed by atoms with Crippen molar-refractivity contribution in [3.8, 4) is 23.0 Å². The zero-order valence-electron chi connectivity index (χ0n) is 20.1. The van der Waals surface area contributed by atoms with Crippen LogP contribution >= 0.6 is 0 Å². The molecule has 0 saturated heterocycles. The summed E-state index contributed by atoms with van der Waals surface area (Å²) in [7, 11) is 0. The van der Waals surface area contributed by atoms with Crippen molar-refractivity contribution in [1.82, 2.24) is 30.1 Å². The van der Waals surface area contributed by atoms with E-state index in [1.54, 1.807) is 17.0 Å². The van der Waals surface area contributed by atoms with Gasteiger partial charge in [-0.3, -0.25) is 9.69 Å². The molecular formula is C26H22N6O6. The lowest BCUT2D eigenvalue weighted by molar-refractivity contribution is 0.173. The van der Waals surface area contributed by atoms with E-state index in [1.807, 2.05) is 42.5 Å². The molecule has 3 aromatic heterocycles. The Kier molecular flexibility index (Phi) is 5.43. The molecule has 0 fully saturated rings. The van der Waals surface area contributed by atoms with Crippen LogP contribution < -0.4 is 24.5 Å². The monoisotopic (exact) mass is 514 g/mol. The smallest absolute Gasteiger partial charge is 0.252 e. The Morgan fingerprint density at radius 1 is 0.895 bits per heavy atom. The third-order valence-electron chi connectivity index (χ3n) is 6.51. The second kappa shape index (κ2) is 9.23. The van der Waals surface area contributed by atoms with Gasteiger partial charge in [0.25, 0.3) is 5.56 Å². The second-order valence-electron chi connectivity index (χ2n) is 9.08. The van der Waals surface area contributed by atoms with E-state index in [1.165, 1.54) is 0 Å². The zero-order valence-corrected chi connectivity index (χ0v) is 20.1. The minimum absolute atomic E-state index is 0.165. The Labute approximate surface area is 215 Å². The van der Waals surface area contributed by atoms with Crippen molar-refractivity contribution in [2.75, 3.05) is 13.6 Å². The maximum absolute atomic E-state index is 13.1. The molecule has 192 valence electrons. The maximum atomic E-state index is 13.1. The van der Waals surface area contributed by atoms with Gasteiger partial charge >= 0.3 is 0 Å². The molecule has 0 aliphatic carbocycles. The molecule has 2 aliphatic rings. The minimum atomic E-state index is -0.178. The molecule has 2 aromatic carbocycles. The first kappa shape index (κ1) is 22.4. The first-order valence-corrected chi connectivity index (χ1v) is 12.0.